The van der Waals surface area contributed by atoms with Crippen LogP contribution in [0.4, 0.5) is 22.7 Å². The van der Waals surface area contributed by atoms with Crippen molar-refractivity contribution in [3.8, 4) is 0 Å². The maximum atomic E-state index is 12.6. The molecule has 3 aromatic carbocycles. The first kappa shape index (κ1) is 25.5. The Hall–Kier alpha value is -4.16. The van der Waals surface area contributed by atoms with Gasteiger partial charge in [-0.25, -0.2) is 5.43 Å². The number of hydrazone groups is 1. The van der Waals surface area contributed by atoms with Crippen LogP contribution in [-0.2, 0) is 0 Å². The molecule has 0 fully saturated rings. The van der Waals surface area contributed by atoms with Crippen LogP contribution in [0.15, 0.2) is 71.8 Å². The van der Waals surface area contributed by atoms with E-state index < -0.39 is 11.1 Å². The lowest BCUT2D eigenvalue weighted by molar-refractivity contribution is 0.0294. The third kappa shape index (κ3) is 5.86. The highest BCUT2D eigenvalue weighted by Crippen LogP contribution is 2.32. The summed E-state index contributed by atoms with van der Waals surface area (Å²) in [6.45, 7) is 0. The third-order valence-electron chi connectivity index (χ3n) is 5.18. The Bertz CT molecular complexity index is 1150. The second-order valence-corrected chi connectivity index (χ2v) is 8.01. The van der Waals surface area contributed by atoms with E-state index in [0.29, 0.717) is 28.1 Å². The molecular weight excluding hydrogens is 452 g/mol. The minimum atomic E-state index is -0.497. The minimum absolute atomic E-state index is 0.0173. The summed E-state index contributed by atoms with van der Waals surface area (Å²) in [6, 6.07) is 17.8. The van der Waals surface area contributed by atoms with E-state index in [1.165, 1.54) is 12.1 Å². The maximum absolute atomic E-state index is 12.6. The first-order chi connectivity index (χ1) is 16.6. The summed E-state index contributed by atoms with van der Waals surface area (Å²) in [6.07, 6.45) is 0. The standard InChI is InChI=1S/C24H26N6O5/c1-27(2)19-12-10-17(14-21(19)29(32)33)23(25-26-24(31)16-8-6-5-7-9-16)18-11-13-20(28(3)4)22(15-18)30(34)35/h5-15,32-33H,1-4H3,(H,26,31)/q-2. The second-order valence-electron chi connectivity index (χ2n) is 8.01. The zero-order valence-corrected chi connectivity index (χ0v) is 19.7. The van der Waals surface area contributed by atoms with Gasteiger partial charge in [0.05, 0.1) is 17.1 Å². The molecule has 0 aliphatic carbocycles. The van der Waals surface area contributed by atoms with Crippen molar-refractivity contribution in [1.82, 2.24) is 5.43 Å². The Morgan fingerprint density at radius 2 is 1.26 bits per heavy atom. The van der Waals surface area contributed by atoms with Crippen LogP contribution >= 0.6 is 0 Å². The number of nitrogens with zero attached hydrogens (tertiary/aromatic N) is 5. The summed E-state index contributed by atoms with van der Waals surface area (Å²) in [7, 11) is 6.86. The molecule has 0 unspecified atom stereocenters. The van der Waals surface area contributed by atoms with Crippen molar-refractivity contribution in [2.75, 3.05) is 48.4 Å². The summed E-state index contributed by atoms with van der Waals surface area (Å²) in [5, 5.41) is 46.8. The van der Waals surface area contributed by atoms with Crippen molar-refractivity contribution in [2.24, 2.45) is 5.10 Å². The molecule has 184 valence electrons. The molecule has 0 spiro atoms. The molecule has 0 aliphatic rings. The number of carbonyl (C=O) groups is 1. The largest absolute Gasteiger partial charge is 0.769 e. The van der Waals surface area contributed by atoms with Gasteiger partial charge in [0.25, 0.3) is 5.91 Å². The number of benzene rings is 3. The normalized spacial score (nSPS) is 11.1. The van der Waals surface area contributed by atoms with Gasteiger partial charge in [0.1, 0.15) is 5.69 Å². The average molecular weight is 479 g/mol. The molecule has 0 aromatic heterocycles. The zero-order valence-electron chi connectivity index (χ0n) is 19.7. The van der Waals surface area contributed by atoms with E-state index in [9.17, 15) is 25.6 Å². The van der Waals surface area contributed by atoms with Gasteiger partial charge in [0.2, 0.25) is 0 Å². The Morgan fingerprint density at radius 1 is 0.743 bits per heavy atom. The monoisotopic (exact) mass is 478 g/mol. The smallest absolute Gasteiger partial charge is 0.271 e. The zero-order chi connectivity index (χ0) is 25.7. The Balaban J connectivity index is 2.16. The number of anilines is 4. The highest BCUT2D eigenvalue weighted by molar-refractivity contribution is 6.15. The van der Waals surface area contributed by atoms with Crippen LogP contribution < -0.4 is 25.7 Å². The lowest BCUT2D eigenvalue weighted by Gasteiger charge is -2.40. The van der Waals surface area contributed by atoms with Crippen LogP contribution in [0.2, 0.25) is 0 Å². The molecule has 0 heterocycles. The van der Waals surface area contributed by atoms with E-state index in [1.807, 2.05) is 0 Å². The maximum Gasteiger partial charge on any atom is 0.271 e. The first-order valence-electron chi connectivity index (χ1n) is 10.5. The summed E-state index contributed by atoms with van der Waals surface area (Å²) in [5.74, 6) is -0.474. The van der Waals surface area contributed by atoms with E-state index in [-0.39, 0.29) is 22.3 Å². The molecule has 11 heteroatoms. The van der Waals surface area contributed by atoms with Crippen LogP contribution in [0, 0.1) is 10.4 Å². The highest BCUT2D eigenvalue weighted by atomic mass is 16.8. The van der Waals surface area contributed by atoms with Crippen molar-refractivity contribution in [2.45, 2.75) is 0 Å². The molecule has 3 aromatic rings. The van der Waals surface area contributed by atoms with Gasteiger partial charge < -0.3 is 25.4 Å². The lowest BCUT2D eigenvalue weighted by Crippen LogP contribution is -2.22. The fourth-order valence-electron chi connectivity index (χ4n) is 3.46. The van der Waals surface area contributed by atoms with Crippen molar-refractivity contribution in [3.05, 3.63) is 93.8 Å². The Kier molecular flexibility index (Phi) is 7.89. The minimum Gasteiger partial charge on any atom is -0.769 e. The van der Waals surface area contributed by atoms with Crippen LogP contribution in [0.3, 0.4) is 0 Å². The van der Waals surface area contributed by atoms with Gasteiger partial charge >= 0.3 is 0 Å². The Morgan fingerprint density at radius 3 is 1.74 bits per heavy atom. The molecule has 0 aliphatic heterocycles. The van der Waals surface area contributed by atoms with Crippen molar-refractivity contribution in [1.29, 1.82) is 0 Å². The van der Waals surface area contributed by atoms with Gasteiger partial charge in [0, 0.05) is 50.6 Å². The summed E-state index contributed by atoms with van der Waals surface area (Å²) in [4.78, 5) is 15.9. The molecule has 11 nitrogen and oxygen atoms in total. The average Bonchev–Trinajstić information content (AvgIpc) is 2.84. The number of amides is 1. The molecule has 0 radical (unpaired) electrons. The molecule has 0 atom stereocenters. The predicted octanol–water partition coefficient (Wildman–Crippen LogP) is 3.39. The van der Waals surface area contributed by atoms with Crippen molar-refractivity contribution < 1.29 is 15.2 Å². The number of hydrogen-bond acceptors (Lipinski definition) is 10. The van der Waals surface area contributed by atoms with E-state index in [4.69, 9.17) is 0 Å². The predicted molar refractivity (Wildman–Crippen MR) is 136 cm³/mol. The highest BCUT2D eigenvalue weighted by Gasteiger charge is 2.17. The van der Waals surface area contributed by atoms with Gasteiger partial charge in [-0.2, -0.15) is 5.10 Å². The van der Waals surface area contributed by atoms with Crippen LogP contribution in [0.5, 0.6) is 0 Å². The van der Waals surface area contributed by atoms with Gasteiger partial charge in [-0.15, -0.1) is 5.23 Å². The molecule has 0 saturated carbocycles. The fraction of sp³-hybridized carbons (Fsp3) is 0.167. The topological polar surface area (TPSA) is 141 Å². The third-order valence-corrected chi connectivity index (χ3v) is 5.18. The summed E-state index contributed by atoms with van der Waals surface area (Å²) < 4.78 is 0. The molecule has 3 N–H and O–H groups in total. The molecule has 3 rings (SSSR count). The molecule has 1 amide bonds. The van der Waals surface area contributed by atoms with Crippen LogP contribution in [0.25, 0.3) is 0 Å². The summed E-state index contributed by atoms with van der Waals surface area (Å²) in [5.41, 5.74) is 4.59. The van der Waals surface area contributed by atoms with E-state index >= 15 is 0 Å². The van der Waals surface area contributed by atoms with E-state index in [2.05, 4.69) is 10.5 Å². The van der Waals surface area contributed by atoms with Gasteiger partial charge in [-0.05, 0) is 36.4 Å². The van der Waals surface area contributed by atoms with Crippen molar-refractivity contribution >= 4 is 34.4 Å². The summed E-state index contributed by atoms with van der Waals surface area (Å²) >= 11 is 0. The van der Waals surface area contributed by atoms with Crippen LogP contribution in [-0.4, -0.2) is 50.2 Å². The lowest BCUT2D eigenvalue weighted by atomic mass is 10.00. The van der Waals surface area contributed by atoms with Crippen molar-refractivity contribution in [3.63, 3.8) is 0 Å². The van der Waals surface area contributed by atoms with E-state index in [0.717, 1.165) is 0 Å². The Labute approximate surface area is 202 Å². The second kappa shape index (κ2) is 10.8. The van der Waals surface area contributed by atoms with Gasteiger partial charge in [-0.1, -0.05) is 30.3 Å². The van der Waals surface area contributed by atoms with Crippen LogP contribution in [0.1, 0.15) is 21.5 Å². The number of rotatable bonds is 8. The molecule has 35 heavy (non-hydrogen) atoms. The first-order valence-corrected chi connectivity index (χ1v) is 10.5. The SMILES string of the molecule is CN(C)c1ccc(C(=NNC(=O)c2ccccc2)c2ccc(N(C)C)c(N(O)O)c2)cc1N([O-])[O-]. The fourth-order valence-corrected chi connectivity index (χ4v) is 3.46. The number of hydrogen-bond donors (Lipinski definition) is 3. The van der Waals surface area contributed by atoms with Gasteiger partial charge in [-0.3, -0.25) is 15.2 Å². The molecule has 0 saturated heterocycles. The number of carbonyl (C=O) groups excluding carboxylic acids is 1. The number of nitrogens with one attached hydrogen (secondary N) is 1. The van der Waals surface area contributed by atoms with E-state index in [1.54, 1.807) is 92.6 Å². The quantitative estimate of drug-likeness (QED) is 0.328. The van der Waals surface area contributed by atoms with Gasteiger partial charge in [0.15, 0.2) is 0 Å². The molecule has 0 bridgehead atoms. The molecular formula is C24H26N6O5-2.